The molecule has 0 saturated carbocycles. The molecule has 0 spiro atoms. The molecule has 2 heterocycles. The van der Waals surface area contributed by atoms with E-state index in [2.05, 4.69) is 176 Å². The molecule has 0 saturated heterocycles. The van der Waals surface area contributed by atoms with E-state index in [1.807, 2.05) is 18.2 Å². The van der Waals surface area contributed by atoms with Crippen LogP contribution in [0.4, 0.5) is 0 Å². The van der Waals surface area contributed by atoms with Crippen LogP contribution in [0.15, 0.2) is 203 Å². The molecule has 0 unspecified atom stereocenters. The lowest BCUT2D eigenvalue weighted by atomic mass is 9.83. The lowest BCUT2D eigenvalue weighted by Crippen LogP contribution is -1.93. The van der Waals surface area contributed by atoms with Crippen molar-refractivity contribution < 1.29 is 8.83 Å². The van der Waals surface area contributed by atoms with Crippen molar-refractivity contribution in [2.24, 2.45) is 0 Å². The molecule has 0 N–H and O–H groups in total. The van der Waals surface area contributed by atoms with Gasteiger partial charge in [-0.05, 0) is 118 Å². The van der Waals surface area contributed by atoms with Gasteiger partial charge in [-0.2, -0.15) is 0 Å². The SMILES string of the molecule is c1ccc2cc(-c3c4ccccc4c(-c4ccc(-c5cc6oc7ccc8oc9ccccc9c8c7c6c6ccccc56)c5ccccc45)c4ccccc34)ccc2c1. The van der Waals surface area contributed by atoms with Crippen LogP contribution in [0, 0.1) is 0 Å². The third kappa shape index (κ3) is 4.37. The van der Waals surface area contributed by atoms with Crippen molar-refractivity contribution in [2.45, 2.75) is 0 Å². The van der Waals surface area contributed by atoms with Crippen LogP contribution in [0.5, 0.6) is 0 Å². The van der Waals surface area contributed by atoms with E-state index in [-0.39, 0.29) is 0 Å². The zero-order valence-corrected chi connectivity index (χ0v) is 31.3. The van der Waals surface area contributed by atoms with Crippen molar-refractivity contribution in [3.8, 4) is 33.4 Å². The maximum atomic E-state index is 6.78. The molecular formula is C56H32O2. The van der Waals surface area contributed by atoms with E-state index in [9.17, 15) is 0 Å². The van der Waals surface area contributed by atoms with Gasteiger partial charge in [0.15, 0.2) is 0 Å². The minimum atomic E-state index is 0.863. The predicted molar refractivity (Wildman–Crippen MR) is 245 cm³/mol. The summed E-state index contributed by atoms with van der Waals surface area (Å²) in [6, 6.07) is 70.4. The quantitative estimate of drug-likeness (QED) is 0.169. The van der Waals surface area contributed by atoms with E-state index < -0.39 is 0 Å². The van der Waals surface area contributed by atoms with E-state index in [1.165, 1.54) is 81.7 Å². The Kier molecular flexibility index (Phi) is 6.47. The lowest BCUT2D eigenvalue weighted by Gasteiger charge is -2.20. The van der Waals surface area contributed by atoms with Crippen molar-refractivity contribution in [3.05, 3.63) is 194 Å². The molecule has 11 aromatic carbocycles. The maximum Gasteiger partial charge on any atom is 0.136 e. The first-order valence-electron chi connectivity index (χ1n) is 19.9. The molecule has 0 atom stereocenters. The fourth-order valence-electron chi connectivity index (χ4n) is 9.99. The first-order chi connectivity index (χ1) is 28.8. The summed E-state index contributed by atoms with van der Waals surface area (Å²) in [4.78, 5) is 0. The largest absolute Gasteiger partial charge is 0.456 e. The van der Waals surface area contributed by atoms with Gasteiger partial charge in [-0.3, -0.25) is 0 Å². The number of hydrogen-bond donors (Lipinski definition) is 0. The average molecular weight is 737 g/mol. The lowest BCUT2D eigenvalue weighted by molar-refractivity contribution is 0.663. The summed E-state index contributed by atoms with van der Waals surface area (Å²) in [7, 11) is 0. The molecule has 2 aromatic heterocycles. The molecule has 58 heavy (non-hydrogen) atoms. The van der Waals surface area contributed by atoms with Crippen LogP contribution in [0.1, 0.15) is 0 Å². The van der Waals surface area contributed by atoms with Crippen LogP contribution in [0.25, 0.3) is 131 Å². The topological polar surface area (TPSA) is 26.3 Å². The predicted octanol–water partition coefficient (Wildman–Crippen LogP) is 16.3. The molecule has 2 nitrogen and oxygen atoms in total. The Morgan fingerprint density at radius 1 is 0.241 bits per heavy atom. The Hall–Kier alpha value is -7.68. The van der Waals surface area contributed by atoms with Gasteiger partial charge in [0.25, 0.3) is 0 Å². The van der Waals surface area contributed by atoms with E-state index in [0.29, 0.717) is 0 Å². The molecule has 13 rings (SSSR count). The molecule has 268 valence electrons. The fraction of sp³-hybridized carbons (Fsp3) is 0. The Morgan fingerprint density at radius 3 is 1.43 bits per heavy atom. The third-order valence-electron chi connectivity index (χ3n) is 12.4. The number of fused-ring (bicyclic) bond motifs is 13. The number of para-hydroxylation sites is 1. The maximum absolute atomic E-state index is 6.78. The van der Waals surface area contributed by atoms with Gasteiger partial charge in [-0.15, -0.1) is 0 Å². The first-order valence-corrected chi connectivity index (χ1v) is 19.9. The van der Waals surface area contributed by atoms with E-state index in [1.54, 1.807) is 0 Å². The molecule has 0 aliphatic heterocycles. The van der Waals surface area contributed by atoms with E-state index >= 15 is 0 Å². The summed E-state index contributed by atoms with van der Waals surface area (Å²) in [5, 5.41) is 16.7. The van der Waals surface area contributed by atoms with Crippen molar-refractivity contribution in [1.82, 2.24) is 0 Å². The summed E-state index contributed by atoms with van der Waals surface area (Å²) in [6.45, 7) is 0. The Balaban J connectivity index is 1.08. The van der Waals surface area contributed by atoms with Crippen molar-refractivity contribution in [2.75, 3.05) is 0 Å². The van der Waals surface area contributed by atoms with Gasteiger partial charge in [-0.1, -0.05) is 164 Å². The summed E-state index contributed by atoms with van der Waals surface area (Å²) >= 11 is 0. The number of hydrogen-bond acceptors (Lipinski definition) is 2. The number of benzene rings is 11. The third-order valence-corrected chi connectivity index (χ3v) is 12.4. The molecule has 0 aliphatic rings. The normalized spacial score (nSPS) is 12.1. The van der Waals surface area contributed by atoms with Crippen LogP contribution >= 0.6 is 0 Å². The minimum Gasteiger partial charge on any atom is -0.456 e. The summed E-state index contributed by atoms with van der Waals surface area (Å²) in [6.07, 6.45) is 0. The molecule has 13 aromatic rings. The smallest absolute Gasteiger partial charge is 0.136 e. The van der Waals surface area contributed by atoms with Gasteiger partial charge in [0.2, 0.25) is 0 Å². The van der Waals surface area contributed by atoms with Crippen molar-refractivity contribution in [3.63, 3.8) is 0 Å². The second kappa shape index (κ2) is 11.9. The second-order valence-corrected chi connectivity index (χ2v) is 15.5. The Morgan fingerprint density at radius 2 is 0.724 bits per heavy atom. The van der Waals surface area contributed by atoms with Gasteiger partial charge in [0.1, 0.15) is 22.3 Å². The molecule has 2 heteroatoms. The van der Waals surface area contributed by atoms with Gasteiger partial charge in [0.05, 0.1) is 0 Å². The standard InChI is InChI=1S/C56H32O2/c1-2-14-34-31-35(26-25-33(34)13-1)52-41-19-7-9-21-43(41)53(44-22-10-8-20-42(44)52)45-28-27-39(36-15-3-4-16-37(36)45)47-32-51-54(40-18-6-5-17-38(40)47)56-50(58-51)30-29-49-55(56)46-23-11-12-24-48(46)57-49/h1-32H. The fourth-order valence-corrected chi connectivity index (χ4v) is 9.99. The molecule has 0 amide bonds. The molecule has 0 radical (unpaired) electrons. The van der Waals surface area contributed by atoms with Gasteiger partial charge in [0, 0.05) is 21.5 Å². The van der Waals surface area contributed by atoms with Gasteiger partial charge in [-0.25, -0.2) is 0 Å². The second-order valence-electron chi connectivity index (χ2n) is 15.5. The highest BCUT2D eigenvalue weighted by atomic mass is 16.3. The van der Waals surface area contributed by atoms with Crippen LogP contribution in [0.3, 0.4) is 0 Å². The number of furan rings is 2. The summed E-state index contributed by atoms with van der Waals surface area (Å²) in [5.74, 6) is 0. The highest BCUT2D eigenvalue weighted by Crippen LogP contribution is 2.49. The molecule has 0 fully saturated rings. The van der Waals surface area contributed by atoms with Gasteiger partial charge >= 0.3 is 0 Å². The Bertz CT molecular complexity index is 3800. The monoisotopic (exact) mass is 736 g/mol. The van der Waals surface area contributed by atoms with Gasteiger partial charge < -0.3 is 8.83 Å². The molecular weight excluding hydrogens is 705 g/mol. The van der Waals surface area contributed by atoms with E-state index in [4.69, 9.17) is 8.83 Å². The molecule has 0 bridgehead atoms. The van der Waals surface area contributed by atoms with Crippen LogP contribution in [0.2, 0.25) is 0 Å². The van der Waals surface area contributed by atoms with E-state index in [0.717, 1.165) is 49.4 Å². The van der Waals surface area contributed by atoms with Crippen LogP contribution < -0.4 is 0 Å². The summed E-state index contributed by atoms with van der Waals surface area (Å²) < 4.78 is 13.1. The van der Waals surface area contributed by atoms with Crippen molar-refractivity contribution >= 4 is 97.7 Å². The van der Waals surface area contributed by atoms with Crippen molar-refractivity contribution in [1.29, 1.82) is 0 Å². The first kappa shape index (κ1) is 31.5. The minimum absolute atomic E-state index is 0.863. The number of rotatable bonds is 3. The molecule has 0 aliphatic carbocycles. The zero-order valence-electron chi connectivity index (χ0n) is 31.3. The Labute approximate surface area is 332 Å². The van der Waals surface area contributed by atoms with Crippen LogP contribution in [-0.2, 0) is 0 Å². The van der Waals surface area contributed by atoms with Crippen LogP contribution in [-0.4, -0.2) is 0 Å². The highest BCUT2D eigenvalue weighted by molar-refractivity contribution is 6.32. The zero-order chi connectivity index (χ0) is 37.9. The highest BCUT2D eigenvalue weighted by Gasteiger charge is 2.23. The average Bonchev–Trinajstić information content (AvgIpc) is 3.86. The summed E-state index contributed by atoms with van der Waals surface area (Å²) in [5.41, 5.74) is 10.8.